The second-order valence-corrected chi connectivity index (χ2v) is 9.65. The number of hydrogen-bond donors (Lipinski definition) is 1. The minimum absolute atomic E-state index is 0.131. The molecule has 4 rings (SSSR count). The van der Waals surface area contributed by atoms with Crippen molar-refractivity contribution in [3.8, 4) is 11.6 Å². The van der Waals surface area contributed by atoms with Crippen molar-refractivity contribution in [2.24, 2.45) is 5.73 Å². The number of nitrogens with zero attached hydrogens (tertiary/aromatic N) is 4. The Bertz CT molecular complexity index is 1000. The number of benzene rings is 1. The van der Waals surface area contributed by atoms with Crippen LogP contribution >= 0.6 is 0 Å². The van der Waals surface area contributed by atoms with Gasteiger partial charge in [-0.25, -0.2) is 4.98 Å². The van der Waals surface area contributed by atoms with Gasteiger partial charge in [0, 0.05) is 30.3 Å². The Labute approximate surface area is 207 Å². The van der Waals surface area contributed by atoms with Crippen molar-refractivity contribution in [3.63, 3.8) is 0 Å². The zero-order valence-corrected chi connectivity index (χ0v) is 20.7. The van der Waals surface area contributed by atoms with Gasteiger partial charge in [-0.2, -0.15) is 4.98 Å². The molecule has 8 heteroatoms. The number of nitrogens with two attached hydrogens (primary N) is 1. The molecule has 1 aromatic heterocycles. The monoisotopic (exact) mass is 479 g/mol. The molecule has 0 radical (unpaired) electrons. The summed E-state index contributed by atoms with van der Waals surface area (Å²) in [6.07, 6.45) is 9.56. The van der Waals surface area contributed by atoms with Crippen LogP contribution in [0, 0.1) is 6.92 Å². The third kappa shape index (κ3) is 7.01. The lowest BCUT2D eigenvalue weighted by Crippen LogP contribution is -2.39. The standard InChI is InChI=1S/C27H37N5O3/c1-20-19-24(35-22-13-11-21(12-14-22)26(28)34)30-27(29-20)23-9-4-7-18-32(23)25(33)10-8-17-31-15-5-2-3-6-16-31/h11-14,19,23H,2-10,15-18H2,1H3,(H2,28,34)/t23-/m0/s1. The molecule has 2 aliphatic heterocycles. The second kappa shape index (κ2) is 12.1. The Morgan fingerprint density at radius 2 is 1.71 bits per heavy atom. The first-order chi connectivity index (χ1) is 17.0. The van der Waals surface area contributed by atoms with Gasteiger partial charge in [0.15, 0.2) is 5.82 Å². The fourth-order valence-electron chi connectivity index (χ4n) is 5.03. The maximum atomic E-state index is 13.2. The zero-order valence-electron chi connectivity index (χ0n) is 20.7. The predicted molar refractivity (Wildman–Crippen MR) is 134 cm³/mol. The van der Waals surface area contributed by atoms with Gasteiger partial charge in [-0.3, -0.25) is 9.59 Å². The topological polar surface area (TPSA) is 102 Å². The second-order valence-electron chi connectivity index (χ2n) is 9.65. The van der Waals surface area contributed by atoms with E-state index in [1.165, 1.54) is 25.7 Å². The summed E-state index contributed by atoms with van der Waals surface area (Å²) in [5.74, 6) is 1.33. The first-order valence-electron chi connectivity index (χ1n) is 12.9. The summed E-state index contributed by atoms with van der Waals surface area (Å²) in [7, 11) is 0. The van der Waals surface area contributed by atoms with E-state index in [9.17, 15) is 9.59 Å². The summed E-state index contributed by atoms with van der Waals surface area (Å²) in [5, 5.41) is 0. The number of carbonyl (C=O) groups is 2. The van der Waals surface area contributed by atoms with Crippen LogP contribution in [0.5, 0.6) is 11.6 Å². The molecular formula is C27H37N5O3. The van der Waals surface area contributed by atoms with Gasteiger partial charge in [-0.05, 0) is 89.3 Å². The average molecular weight is 480 g/mol. The highest BCUT2D eigenvalue weighted by Gasteiger charge is 2.30. The Morgan fingerprint density at radius 1 is 1.00 bits per heavy atom. The zero-order chi connectivity index (χ0) is 24.6. The lowest BCUT2D eigenvalue weighted by molar-refractivity contribution is -0.135. The Balaban J connectivity index is 1.41. The van der Waals surface area contributed by atoms with Crippen LogP contribution in [0.1, 0.15) is 85.7 Å². The maximum Gasteiger partial charge on any atom is 0.248 e. The highest BCUT2D eigenvalue weighted by molar-refractivity contribution is 5.92. The summed E-state index contributed by atoms with van der Waals surface area (Å²) in [6, 6.07) is 8.28. The molecule has 1 aromatic carbocycles. The van der Waals surface area contributed by atoms with Gasteiger partial charge in [-0.15, -0.1) is 0 Å². The number of ether oxygens (including phenoxy) is 1. The summed E-state index contributed by atoms with van der Waals surface area (Å²) in [6.45, 7) is 5.97. The molecule has 188 valence electrons. The van der Waals surface area contributed by atoms with Gasteiger partial charge in [0.05, 0.1) is 6.04 Å². The maximum absolute atomic E-state index is 13.2. The minimum Gasteiger partial charge on any atom is -0.439 e. The van der Waals surface area contributed by atoms with E-state index in [1.807, 2.05) is 11.8 Å². The van der Waals surface area contributed by atoms with Crippen LogP contribution in [0.4, 0.5) is 0 Å². The molecule has 3 heterocycles. The van der Waals surface area contributed by atoms with E-state index in [4.69, 9.17) is 10.5 Å². The van der Waals surface area contributed by atoms with Crippen molar-refractivity contribution < 1.29 is 14.3 Å². The summed E-state index contributed by atoms with van der Waals surface area (Å²) >= 11 is 0. The van der Waals surface area contributed by atoms with Crippen LogP contribution in [0.15, 0.2) is 30.3 Å². The molecule has 0 bridgehead atoms. The van der Waals surface area contributed by atoms with E-state index in [0.29, 0.717) is 29.4 Å². The van der Waals surface area contributed by atoms with Crippen LogP contribution in [-0.2, 0) is 4.79 Å². The highest BCUT2D eigenvalue weighted by Crippen LogP contribution is 2.31. The molecule has 0 unspecified atom stereocenters. The van der Waals surface area contributed by atoms with Gasteiger partial charge in [-0.1, -0.05) is 12.8 Å². The van der Waals surface area contributed by atoms with Crippen molar-refractivity contribution in [2.75, 3.05) is 26.2 Å². The molecule has 2 amide bonds. The number of piperidine rings is 1. The lowest BCUT2D eigenvalue weighted by Gasteiger charge is -2.35. The summed E-state index contributed by atoms with van der Waals surface area (Å²) in [4.78, 5) is 38.4. The first-order valence-corrected chi connectivity index (χ1v) is 12.9. The number of rotatable bonds is 8. The van der Waals surface area contributed by atoms with Gasteiger partial charge in [0.1, 0.15) is 5.75 Å². The summed E-state index contributed by atoms with van der Waals surface area (Å²) in [5.41, 5.74) is 6.53. The molecule has 1 atom stereocenters. The SMILES string of the molecule is Cc1cc(Oc2ccc(C(N)=O)cc2)nc([C@@H]2CCCCN2C(=O)CCCN2CCCCCC2)n1. The number of likely N-dealkylation sites (tertiary alicyclic amines) is 2. The van der Waals surface area contributed by atoms with Crippen LogP contribution in [-0.4, -0.2) is 57.8 Å². The third-order valence-corrected chi connectivity index (χ3v) is 6.89. The Hall–Kier alpha value is -3.00. The molecular weight excluding hydrogens is 442 g/mol. The van der Waals surface area contributed by atoms with E-state index in [2.05, 4.69) is 14.9 Å². The van der Waals surface area contributed by atoms with E-state index < -0.39 is 5.91 Å². The third-order valence-electron chi connectivity index (χ3n) is 6.89. The van der Waals surface area contributed by atoms with Crippen LogP contribution < -0.4 is 10.5 Å². The molecule has 2 saturated heterocycles. The molecule has 2 aromatic rings. The van der Waals surface area contributed by atoms with E-state index in [0.717, 1.165) is 57.6 Å². The fourth-order valence-corrected chi connectivity index (χ4v) is 5.03. The molecule has 2 N–H and O–H groups in total. The van der Waals surface area contributed by atoms with Crippen LogP contribution in [0.25, 0.3) is 0 Å². The fraction of sp³-hybridized carbons (Fsp3) is 0.556. The minimum atomic E-state index is -0.481. The quantitative estimate of drug-likeness (QED) is 0.603. The number of aryl methyl sites for hydroxylation is 1. The van der Waals surface area contributed by atoms with Gasteiger partial charge >= 0.3 is 0 Å². The van der Waals surface area contributed by atoms with Gasteiger partial charge < -0.3 is 20.3 Å². The van der Waals surface area contributed by atoms with E-state index in [1.54, 1.807) is 30.3 Å². The van der Waals surface area contributed by atoms with E-state index >= 15 is 0 Å². The number of hydrogen-bond acceptors (Lipinski definition) is 6. The molecule has 35 heavy (non-hydrogen) atoms. The van der Waals surface area contributed by atoms with Crippen LogP contribution in [0.3, 0.4) is 0 Å². The lowest BCUT2D eigenvalue weighted by atomic mass is 10.0. The predicted octanol–water partition coefficient (Wildman–Crippen LogP) is 4.39. The number of primary amides is 1. The number of aromatic nitrogens is 2. The Kier molecular flexibility index (Phi) is 8.69. The largest absolute Gasteiger partial charge is 0.439 e. The Morgan fingerprint density at radius 3 is 2.43 bits per heavy atom. The average Bonchev–Trinajstić information content (AvgIpc) is 3.13. The molecule has 2 fully saturated rings. The smallest absolute Gasteiger partial charge is 0.248 e. The molecule has 0 aliphatic carbocycles. The summed E-state index contributed by atoms with van der Waals surface area (Å²) < 4.78 is 5.95. The van der Waals surface area contributed by atoms with Crippen molar-refractivity contribution in [1.29, 1.82) is 0 Å². The molecule has 0 spiro atoms. The van der Waals surface area contributed by atoms with Crippen molar-refractivity contribution in [3.05, 3.63) is 47.4 Å². The van der Waals surface area contributed by atoms with Crippen molar-refractivity contribution in [2.45, 2.75) is 70.8 Å². The van der Waals surface area contributed by atoms with Crippen molar-refractivity contribution >= 4 is 11.8 Å². The highest BCUT2D eigenvalue weighted by atomic mass is 16.5. The number of carbonyl (C=O) groups excluding carboxylic acids is 2. The molecule has 8 nitrogen and oxygen atoms in total. The molecule has 2 aliphatic rings. The van der Waals surface area contributed by atoms with E-state index in [-0.39, 0.29) is 11.9 Å². The van der Waals surface area contributed by atoms with Gasteiger partial charge in [0.2, 0.25) is 17.7 Å². The van der Waals surface area contributed by atoms with Crippen molar-refractivity contribution in [1.82, 2.24) is 19.8 Å². The van der Waals surface area contributed by atoms with Crippen LogP contribution in [0.2, 0.25) is 0 Å². The normalized spacial score (nSPS) is 19.2. The number of amides is 2. The molecule has 0 saturated carbocycles. The van der Waals surface area contributed by atoms with Gasteiger partial charge in [0.25, 0.3) is 0 Å². The first kappa shape index (κ1) is 25.1.